The molecule has 1 atom stereocenters. The summed E-state index contributed by atoms with van der Waals surface area (Å²) in [6, 6.07) is 3.62. The maximum Gasteiger partial charge on any atom is 0.330 e. The van der Waals surface area contributed by atoms with Gasteiger partial charge in [0, 0.05) is 11.5 Å². The average molecular weight is 180 g/mol. The molecule has 0 radical (unpaired) electrons. The fourth-order valence-corrected chi connectivity index (χ4v) is 1.08. The highest BCUT2D eigenvalue weighted by Gasteiger charge is 2.07. The highest BCUT2D eigenvalue weighted by molar-refractivity contribution is 5.85. The zero-order valence-corrected chi connectivity index (χ0v) is 7.65. The molecule has 1 heterocycles. The summed E-state index contributed by atoms with van der Waals surface area (Å²) < 4.78 is 5.14. The van der Waals surface area contributed by atoms with E-state index in [1.54, 1.807) is 25.3 Å². The predicted octanol–water partition coefficient (Wildman–Crippen LogP) is 2.41. The molecule has 1 aromatic rings. The normalized spacial score (nSPS) is 14.2. The topological polar surface area (TPSA) is 50.4 Å². The Bertz CT molecular complexity index is 309. The molecular formula is C10H12O3. The maximum absolute atomic E-state index is 10.5. The first kappa shape index (κ1) is 9.58. The van der Waals surface area contributed by atoms with E-state index in [1.807, 2.05) is 13.0 Å². The largest absolute Gasteiger partial charge is 0.478 e. The van der Waals surface area contributed by atoms with Crippen LogP contribution in [0.25, 0.3) is 0 Å². The second-order valence-corrected chi connectivity index (χ2v) is 2.96. The average Bonchev–Trinajstić information content (AvgIpc) is 2.55. The summed E-state index contributed by atoms with van der Waals surface area (Å²) in [7, 11) is 0. The fourth-order valence-electron chi connectivity index (χ4n) is 1.08. The van der Waals surface area contributed by atoms with Crippen LogP contribution in [0.4, 0.5) is 0 Å². The van der Waals surface area contributed by atoms with Crippen molar-refractivity contribution in [2.24, 2.45) is 0 Å². The number of furan rings is 1. The van der Waals surface area contributed by atoms with Gasteiger partial charge in [0.15, 0.2) is 0 Å². The van der Waals surface area contributed by atoms with Crippen molar-refractivity contribution in [1.82, 2.24) is 0 Å². The van der Waals surface area contributed by atoms with Gasteiger partial charge in [-0.15, -0.1) is 0 Å². The molecule has 1 aromatic heterocycles. The summed E-state index contributed by atoms with van der Waals surface area (Å²) >= 11 is 0. The Hall–Kier alpha value is -1.51. The minimum absolute atomic E-state index is 0.00565. The number of carboxylic acid groups (broad SMARTS) is 1. The van der Waals surface area contributed by atoms with E-state index in [1.165, 1.54) is 0 Å². The number of aliphatic carboxylic acids is 1. The van der Waals surface area contributed by atoms with Gasteiger partial charge in [-0.2, -0.15) is 0 Å². The van der Waals surface area contributed by atoms with Crippen LogP contribution >= 0.6 is 0 Å². The lowest BCUT2D eigenvalue weighted by atomic mass is 10.1. The second-order valence-electron chi connectivity index (χ2n) is 2.96. The van der Waals surface area contributed by atoms with E-state index in [0.717, 1.165) is 5.76 Å². The summed E-state index contributed by atoms with van der Waals surface area (Å²) in [6.07, 6.45) is 3.25. The van der Waals surface area contributed by atoms with E-state index in [9.17, 15) is 4.79 Å². The lowest BCUT2D eigenvalue weighted by Gasteiger charge is -2.02. The van der Waals surface area contributed by atoms with Gasteiger partial charge >= 0.3 is 5.97 Å². The third kappa shape index (κ3) is 2.47. The summed E-state index contributed by atoms with van der Waals surface area (Å²) in [5.74, 6) is -0.106. The Kier molecular flexibility index (Phi) is 2.90. The molecule has 70 valence electrons. The first-order valence-electron chi connectivity index (χ1n) is 4.06. The molecule has 0 saturated carbocycles. The van der Waals surface area contributed by atoms with Crippen LogP contribution in [0.1, 0.15) is 25.5 Å². The van der Waals surface area contributed by atoms with Crippen molar-refractivity contribution in [3.05, 3.63) is 35.8 Å². The maximum atomic E-state index is 10.5. The van der Waals surface area contributed by atoms with Gasteiger partial charge in [-0.05, 0) is 19.1 Å². The molecule has 3 heteroatoms. The van der Waals surface area contributed by atoms with E-state index in [2.05, 4.69) is 0 Å². The molecular weight excluding hydrogens is 168 g/mol. The molecule has 0 saturated heterocycles. The molecule has 1 unspecified atom stereocenters. The summed E-state index contributed by atoms with van der Waals surface area (Å²) in [5, 5.41) is 8.63. The fraction of sp³-hybridized carbons (Fsp3) is 0.300. The van der Waals surface area contributed by atoms with Crippen LogP contribution in [-0.2, 0) is 4.79 Å². The van der Waals surface area contributed by atoms with Crippen molar-refractivity contribution >= 4 is 5.97 Å². The van der Waals surface area contributed by atoms with Crippen molar-refractivity contribution in [2.75, 3.05) is 0 Å². The quantitative estimate of drug-likeness (QED) is 0.726. The molecule has 0 bridgehead atoms. The van der Waals surface area contributed by atoms with Crippen LogP contribution in [0, 0.1) is 0 Å². The Morgan fingerprint density at radius 2 is 2.38 bits per heavy atom. The Balaban J connectivity index is 2.76. The Labute approximate surface area is 76.7 Å². The lowest BCUT2D eigenvalue weighted by Crippen LogP contribution is -1.98. The molecule has 0 aromatic carbocycles. The summed E-state index contributed by atoms with van der Waals surface area (Å²) in [6.45, 7) is 3.47. The number of carboxylic acids is 1. The molecule has 1 N–H and O–H groups in total. The van der Waals surface area contributed by atoms with Crippen molar-refractivity contribution in [3.8, 4) is 0 Å². The first-order valence-corrected chi connectivity index (χ1v) is 4.06. The molecule has 0 aliphatic carbocycles. The van der Waals surface area contributed by atoms with E-state index in [0.29, 0.717) is 5.57 Å². The van der Waals surface area contributed by atoms with Crippen LogP contribution in [0.2, 0.25) is 0 Å². The van der Waals surface area contributed by atoms with E-state index < -0.39 is 5.97 Å². The molecule has 0 aliphatic rings. The van der Waals surface area contributed by atoms with Crippen LogP contribution in [0.5, 0.6) is 0 Å². The monoisotopic (exact) mass is 180 g/mol. The van der Waals surface area contributed by atoms with Crippen LogP contribution in [0.3, 0.4) is 0 Å². The molecule has 0 amide bonds. The van der Waals surface area contributed by atoms with E-state index >= 15 is 0 Å². The van der Waals surface area contributed by atoms with Crippen LogP contribution in [-0.4, -0.2) is 11.1 Å². The van der Waals surface area contributed by atoms with Crippen molar-refractivity contribution in [1.29, 1.82) is 0 Å². The van der Waals surface area contributed by atoms with Crippen LogP contribution < -0.4 is 0 Å². The zero-order chi connectivity index (χ0) is 9.84. The molecule has 0 fully saturated rings. The standard InChI is InChI=1S/C10H12O3/c1-7(6-8(2)10(11)12)9-4-3-5-13-9/h3-7H,1-2H3,(H,11,12)/b8-6+. The third-order valence-electron chi connectivity index (χ3n) is 1.83. The number of hydrogen-bond acceptors (Lipinski definition) is 2. The number of rotatable bonds is 3. The number of hydrogen-bond donors (Lipinski definition) is 1. The molecule has 0 spiro atoms. The van der Waals surface area contributed by atoms with E-state index in [4.69, 9.17) is 9.52 Å². The van der Waals surface area contributed by atoms with Gasteiger partial charge in [0.2, 0.25) is 0 Å². The number of allylic oxidation sites excluding steroid dienone is 1. The van der Waals surface area contributed by atoms with Gasteiger partial charge < -0.3 is 9.52 Å². The highest BCUT2D eigenvalue weighted by Crippen LogP contribution is 2.18. The number of carbonyl (C=O) groups is 1. The highest BCUT2D eigenvalue weighted by atomic mass is 16.4. The molecule has 1 rings (SSSR count). The van der Waals surface area contributed by atoms with Crippen molar-refractivity contribution in [2.45, 2.75) is 19.8 Å². The lowest BCUT2D eigenvalue weighted by molar-refractivity contribution is -0.132. The molecule has 3 nitrogen and oxygen atoms in total. The molecule has 0 aliphatic heterocycles. The Morgan fingerprint density at radius 1 is 1.69 bits per heavy atom. The van der Waals surface area contributed by atoms with Crippen molar-refractivity contribution in [3.63, 3.8) is 0 Å². The summed E-state index contributed by atoms with van der Waals surface area (Å²) in [5.41, 5.74) is 0.337. The SMILES string of the molecule is C/C(=C\C(C)c1ccco1)C(=O)O. The predicted molar refractivity (Wildman–Crippen MR) is 48.5 cm³/mol. The minimum Gasteiger partial charge on any atom is -0.478 e. The third-order valence-corrected chi connectivity index (χ3v) is 1.83. The summed E-state index contributed by atoms with van der Waals surface area (Å²) in [4.78, 5) is 10.5. The smallest absolute Gasteiger partial charge is 0.330 e. The van der Waals surface area contributed by atoms with Crippen molar-refractivity contribution < 1.29 is 14.3 Å². The Morgan fingerprint density at radius 3 is 2.85 bits per heavy atom. The van der Waals surface area contributed by atoms with Gasteiger partial charge in [0.05, 0.1) is 6.26 Å². The first-order chi connectivity index (χ1) is 6.11. The van der Waals surface area contributed by atoms with Gasteiger partial charge in [-0.1, -0.05) is 13.0 Å². The minimum atomic E-state index is -0.890. The molecule has 13 heavy (non-hydrogen) atoms. The van der Waals surface area contributed by atoms with Gasteiger partial charge in [-0.3, -0.25) is 0 Å². The zero-order valence-electron chi connectivity index (χ0n) is 7.65. The van der Waals surface area contributed by atoms with Gasteiger partial charge in [-0.25, -0.2) is 4.79 Å². The van der Waals surface area contributed by atoms with Gasteiger partial charge in [0.25, 0.3) is 0 Å². The van der Waals surface area contributed by atoms with E-state index in [-0.39, 0.29) is 5.92 Å². The van der Waals surface area contributed by atoms with Crippen LogP contribution in [0.15, 0.2) is 34.5 Å². The van der Waals surface area contributed by atoms with Gasteiger partial charge in [0.1, 0.15) is 5.76 Å². The second kappa shape index (κ2) is 3.94.